The maximum atomic E-state index is 9.69. The third-order valence-electron chi connectivity index (χ3n) is 2.72. The lowest BCUT2D eigenvalue weighted by molar-refractivity contribution is 0.116. The summed E-state index contributed by atoms with van der Waals surface area (Å²) >= 11 is 5.94. The summed E-state index contributed by atoms with van der Waals surface area (Å²) in [4.78, 5) is 0. The number of hydrogen-bond donors (Lipinski definition) is 1. The van der Waals surface area contributed by atoms with Gasteiger partial charge in [0.05, 0.1) is 6.10 Å². The van der Waals surface area contributed by atoms with E-state index in [-0.39, 0.29) is 6.10 Å². The second-order valence-electron chi connectivity index (χ2n) is 4.43. The summed E-state index contributed by atoms with van der Waals surface area (Å²) in [6, 6.07) is 6.05. The average Bonchev–Trinajstić information content (AvgIpc) is 2.19. The zero-order valence-electron chi connectivity index (χ0n) is 9.63. The lowest BCUT2D eigenvalue weighted by Gasteiger charge is -2.14. The molecule has 1 aromatic rings. The summed E-state index contributed by atoms with van der Waals surface area (Å²) in [5, 5.41) is 10.5. The number of aliphatic hydroxyl groups is 1. The molecule has 2 heteroatoms. The first-order valence-corrected chi connectivity index (χ1v) is 5.81. The summed E-state index contributed by atoms with van der Waals surface area (Å²) in [5.74, 6) is 0.332. The van der Waals surface area contributed by atoms with Gasteiger partial charge in [0, 0.05) is 5.02 Å². The van der Waals surface area contributed by atoms with E-state index in [1.165, 1.54) is 5.56 Å². The standard InChI is InChI=1S/C13H19ClO/c1-9(2)13(15)7-5-11-4-6-12(14)10(3)8-11/h4,6,8-9,13,15H,5,7H2,1-3H3. The Kier molecular flexibility index (Phi) is 4.62. The molecule has 1 aromatic carbocycles. The van der Waals surface area contributed by atoms with Gasteiger partial charge in [-0.05, 0) is 42.9 Å². The van der Waals surface area contributed by atoms with Crippen molar-refractivity contribution in [3.05, 3.63) is 34.3 Å². The van der Waals surface area contributed by atoms with E-state index < -0.39 is 0 Å². The van der Waals surface area contributed by atoms with Gasteiger partial charge in [-0.3, -0.25) is 0 Å². The Morgan fingerprint density at radius 2 is 2.00 bits per heavy atom. The zero-order chi connectivity index (χ0) is 11.4. The Morgan fingerprint density at radius 3 is 2.53 bits per heavy atom. The maximum absolute atomic E-state index is 9.69. The largest absolute Gasteiger partial charge is 0.393 e. The normalized spacial score (nSPS) is 13.2. The number of hydrogen-bond acceptors (Lipinski definition) is 1. The fourth-order valence-electron chi connectivity index (χ4n) is 1.51. The molecule has 0 aliphatic carbocycles. The van der Waals surface area contributed by atoms with Crippen molar-refractivity contribution in [3.63, 3.8) is 0 Å². The second-order valence-corrected chi connectivity index (χ2v) is 4.84. The minimum absolute atomic E-state index is 0.207. The van der Waals surface area contributed by atoms with E-state index in [9.17, 15) is 5.11 Å². The van der Waals surface area contributed by atoms with Crippen LogP contribution in [0.3, 0.4) is 0 Å². The van der Waals surface area contributed by atoms with Crippen LogP contribution >= 0.6 is 11.6 Å². The molecule has 1 N–H and O–H groups in total. The maximum Gasteiger partial charge on any atom is 0.0566 e. The highest BCUT2D eigenvalue weighted by Crippen LogP contribution is 2.18. The molecule has 0 saturated carbocycles. The molecule has 0 spiro atoms. The SMILES string of the molecule is Cc1cc(CCC(O)C(C)C)ccc1Cl. The fraction of sp³-hybridized carbons (Fsp3) is 0.538. The van der Waals surface area contributed by atoms with E-state index in [0.29, 0.717) is 5.92 Å². The van der Waals surface area contributed by atoms with Gasteiger partial charge in [-0.25, -0.2) is 0 Å². The van der Waals surface area contributed by atoms with Crippen molar-refractivity contribution < 1.29 is 5.11 Å². The average molecular weight is 227 g/mol. The Bertz CT molecular complexity index is 320. The number of rotatable bonds is 4. The minimum Gasteiger partial charge on any atom is -0.393 e. The molecule has 1 rings (SSSR count). The number of aliphatic hydroxyl groups excluding tert-OH is 1. The van der Waals surface area contributed by atoms with E-state index in [1.807, 2.05) is 32.9 Å². The van der Waals surface area contributed by atoms with Gasteiger partial charge in [0.15, 0.2) is 0 Å². The molecule has 0 amide bonds. The van der Waals surface area contributed by atoms with Gasteiger partial charge in [-0.15, -0.1) is 0 Å². The third kappa shape index (κ3) is 3.84. The summed E-state index contributed by atoms with van der Waals surface area (Å²) in [7, 11) is 0. The smallest absolute Gasteiger partial charge is 0.0566 e. The second kappa shape index (κ2) is 5.53. The first kappa shape index (κ1) is 12.5. The molecule has 15 heavy (non-hydrogen) atoms. The number of benzene rings is 1. The van der Waals surface area contributed by atoms with Gasteiger partial charge in [-0.2, -0.15) is 0 Å². The minimum atomic E-state index is -0.207. The Labute approximate surface area is 97.1 Å². The van der Waals surface area contributed by atoms with Gasteiger partial charge in [0.1, 0.15) is 0 Å². The summed E-state index contributed by atoms with van der Waals surface area (Å²) in [6.07, 6.45) is 1.52. The molecular weight excluding hydrogens is 208 g/mol. The van der Waals surface area contributed by atoms with Crippen LogP contribution in [0.4, 0.5) is 0 Å². The van der Waals surface area contributed by atoms with Crippen molar-refractivity contribution >= 4 is 11.6 Å². The Balaban J connectivity index is 2.55. The highest BCUT2D eigenvalue weighted by Gasteiger charge is 2.09. The van der Waals surface area contributed by atoms with Crippen LogP contribution in [-0.4, -0.2) is 11.2 Å². The van der Waals surface area contributed by atoms with E-state index in [1.54, 1.807) is 0 Å². The molecule has 1 atom stereocenters. The Hall–Kier alpha value is -0.530. The predicted octanol–water partition coefficient (Wildman–Crippen LogP) is 3.60. The molecule has 0 fully saturated rings. The van der Waals surface area contributed by atoms with Crippen LogP contribution in [0.15, 0.2) is 18.2 Å². The first-order chi connectivity index (χ1) is 7.00. The van der Waals surface area contributed by atoms with Crippen molar-refractivity contribution in [3.8, 4) is 0 Å². The van der Waals surface area contributed by atoms with Crippen LogP contribution in [0.1, 0.15) is 31.4 Å². The molecule has 0 radical (unpaired) electrons. The molecule has 1 nitrogen and oxygen atoms in total. The number of aryl methyl sites for hydroxylation is 2. The van der Waals surface area contributed by atoms with Crippen molar-refractivity contribution in [1.82, 2.24) is 0 Å². The van der Waals surface area contributed by atoms with Crippen LogP contribution in [0.2, 0.25) is 5.02 Å². The predicted molar refractivity (Wildman–Crippen MR) is 65.4 cm³/mol. The monoisotopic (exact) mass is 226 g/mol. The molecular formula is C13H19ClO. The van der Waals surface area contributed by atoms with Gasteiger partial charge in [0.2, 0.25) is 0 Å². The van der Waals surface area contributed by atoms with Crippen LogP contribution in [0.25, 0.3) is 0 Å². The van der Waals surface area contributed by atoms with Crippen LogP contribution < -0.4 is 0 Å². The lowest BCUT2D eigenvalue weighted by Crippen LogP contribution is -2.15. The van der Waals surface area contributed by atoms with Crippen LogP contribution in [0, 0.1) is 12.8 Å². The van der Waals surface area contributed by atoms with Crippen molar-refractivity contribution in [2.75, 3.05) is 0 Å². The topological polar surface area (TPSA) is 20.2 Å². The van der Waals surface area contributed by atoms with Crippen LogP contribution in [-0.2, 0) is 6.42 Å². The third-order valence-corrected chi connectivity index (χ3v) is 3.14. The van der Waals surface area contributed by atoms with Crippen LogP contribution in [0.5, 0.6) is 0 Å². The molecule has 0 aliphatic rings. The fourth-order valence-corrected chi connectivity index (χ4v) is 1.63. The van der Waals surface area contributed by atoms with Gasteiger partial charge in [0.25, 0.3) is 0 Å². The van der Waals surface area contributed by atoms with E-state index in [4.69, 9.17) is 11.6 Å². The van der Waals surface area contributed by atoms with Gasteiger partial charge in [-0.1, -0.05) is 37.6 Å². The van der Waals surface area contributed by atoms with E-state index >= 15 is 0 Å². The molecule has 0 saturated heterocycles. The highest BCUT2D eigenvalue weighted by molar-refractivity contribution is 6.31. The highest BCUT2D eigenvalue weighted by atomic mass is 35.5. The quantitative estimate of drug-likeness (QED) is 0.832. The van der Waals surface area contributed by atoms with Gasteiger partial charge < -0.3 is 5.11 Å². The van der Waals surface area contributed by atoms with Gasteiger partial charge >= 0.3 is 0 Å². The molecule has 0 heterocycles. The van der Waals surface area contributed by atoms with Crippen molar-refractivity contribution in [2.45, 2.75) is 39.7 Å². The summed E-state index contributed by atoms with van der Waals surface area (Å²) in [5.41, 5.74) is 2.35. The first-order valence-electron chi connectivity index (χ1n) is 5.44. The molecule has 0 aliphatic heterocycles. The Morgan fingerprint density at radius 1 is 1.33 bits per heavy atom. The number of halogens is 1. The van der Waals surface area contributed by atoms with Crippen molar-refractivity contribution in [1.29, 1.82) is 0 Å². The molecule has 0 bridgehead atoms. The van der Waals surface area contributed by atoms with E-state index in [0.717, 1.165) is 23.4 Å². The molecule has 1 unspecified atom stereocenters. The molecule has 84 valence electrons. The summed E-state index contributed by atoms with van der Waals surface area (Å²) in [6.45, 7) is 6.08. The zero-order valence-corrected chi connectivity index (χ0v) is 10.4. The molecule has 0 aromatic heterocycles. The van der Waals surface area contributed by atoms with E-state index in [2.05, 4.69) is 6.07 Å². The van der Waals surface area contributed by atoms with Crippen molar-refractivity contribution in [2.24, 2.45) is 5.92 Å². The lowest BCUT2D eigenvalue weighted by atomic mass is 9.99. The summed E-state index contributed by atoms with van der Waals surface area (Å²) < 4.78 is 0.